The number of rotatable bonds is 6. The van der Waals surface area contributed by atoms with Crippen LogP contribution in [0.3, 0.4) is 0 Å². The maximum atomic E-state index is 12.7. The summed E-state index contributed by atoms with van der Waals surface area (Å²) in [7, 11) is 0. The zero-order valence-electron chi connectivity index (χ0n) is 16.7. The van der Waals surface area contributed by atoms with Gasteiger partial charge in [-0.1, -0.05) is 43.7 Å². The first-order valence-electron chi connectivity index (χ1n) is 10.2. The highest BCUT2D eigenvalue weighted by atomic mass is 32.2. The summed E-state index contributed by atoms with van der Waals surface area (Å²) in [6, 6.07) is 18.1. The number of carbonyl (C=O) groups is 1. The zero-order chi connectivity index (χ0) is 20.1. The van der Waals surface area contributed by atoms with Gasteiger partial charge in [0.25, 0.3) is 0 Å². The largest absolute Gasteiger partial charge is 0.326 e. The number of nitrogens with one attached hydrogen (secondary N) is 1. The molecule has 29 heavy (non-hydrogen) atoms. The van der Waals surface area contributed by atoms with Crippen LogP contribution in [-0.4, -0.2) is 26.4 Å². The third-order valence-electron chi connectivity index (χ3n) is 5.19. The molecule has 1 aromatic heterocycles. The van der Waals surface area contributed by atoms with Crippen molar-refractivity contribution in [3.8, 4) is 11.4 Å². The maximum Gasteiger partial charge on any atom is 0.228 e. The number of benzene rings is 2. The first-order chi connectivity index (χ1) is 14.2. The predicted molar refractivity (Wildman–Crippen MR) is 118 cm³/mol. The highest BCUT2D eigenvalue weighted by molar-refractivity contribution is 7.99. The quantitative estimate of drug-likeness (QED) is 0.583. The van der Waals surface area contributed by atoms with Crippen molar-refractivity contribution >= 4 is 23.4 Å². The third-order valence-corrected chi connectivity index (χ3v) is 6.46. The Kier molecular flexibility index (Phi) is 6.30. The molecule has 6 heteroatoms. The number of carbonyl (C=O) groups excluding carboxylic acids is 1. The van der Waals surface area contributed by atoms with Crippen molar-refractivity contribution in [3.63, 3.8) is 0 Å². The number of thioether (sulfide) groups is 1. The van der Waals surface area contributed by atoms with Gasteiger partial charge in [0, 0.05) is 40.8 Å². The van der Waals surface area contributed by atoms with Gasteiger partial charge >= 0.3 is 0 Å². The van der Waals surface area contributed by atoms with Gasteiger partial charge < -0.3 is 9.88 Å². The van der Waals surface area contributed by atoms with Crippen molar-refractivity contribution in [3.05, 3.63) is 60.4 Å². The number of aromatic nitrogens is 3. The van der Waals surface area contributed by atoms with Gasteiger partial charge in [0.05, 0.1) is 0 Å². The molecule has 3 aromatic rings. The highest BCUT2D eigenvalue weighted by Gasteiger charge is 2.17. The number of anilines is 1. The van der Waals surface area contributed by atoms with Gasteiger partial charge in [-0.25, -0.2) is 0 Å². The Labute approximate surface area is 175 Å². The van der Waals surface area contributed by atoms with Gasteiger partial charge in [0.15, 0.2) is 5.82 Å². The minimum atomic E-state index is -0.0896. The monoisotopic (exact) mass is 406 g/mol. The molecule has 0 saturated carbocycles. The van der Waals surface area contributed by atoms with Crippen LogP contribution in [0.4, 0.5) is 5.69 Å². The van der Waals surface area contributed by atoms with Crippen LogP contribution < -0.4 is 5.32 Å². The molecule has 0 radical (unpaired) electrons. The summed E-state index contributed by atoms with van der Waals surface area (Å²) in [6.07, 6.45) is 4.55. The number of hydrogen-bond acceptors (Lipinski definition) is 4. The normalized spacial score (nSPS) is 14.7. The van der Waals surface area contributed by atoms with Crippen LogP contribution in [0.25, 0.3) is 11.4 Å². The van der Waals surface area contributed by atoms with E-state index in [-0.39, 0.29) is 11.8 Å². The lowest BCUT2D eigenvalue weighted by Gasteiger charge is -2.13. The molecule has 2 aromatic carbocycles. The fourth-order valence-corrected chi connectivity index (χ4v) is 4.46. The molecule has 0 bridgehead atoms. The van der Waals surface area contributed by atoms with Gasteiger partial charge in [-0.05, 0) is 37.1 Å². The van der Waals surface area contributed by atoms with Gasteiger partial charge in [0.1, 0.15) is 5.82 Å². The number of hydrogen-bond donors (Lipinski definition) is 1. The Morgan fingerprint density at radius 2 is 1.97 bits per heavy atom. The maximum absolute atomic E-state index is 12.7. The van der Waals surface area contributed by atoms with Gasteiger partial charge in [-0.2, -0.15) is 0 Å². The number of fused-ring (bicyclic) bond motifs is 1. The second kappa shape index (κ2) is 9.27. The van der Waals surface area contributed by atoms with Crippen LogP contribution >= 0.6 is 11.8 Å². The van der Waals surface area contributed by atoms with E-state index >= 15 is 0 Å². The summed E-state index contributed by atoms with van der Waals surface area (Å²) in [5.74, 6) is 2.65. The average Bonchev–Trinajstić information content (AvgIpc) is 3.01. The molecule has 4 rings (SSSR count). The standard InChI is InChI=1S/C23H26N4OS/c1-17(16-29-20-11-4-2-5-12-20)23(28)24-19-10-8-9-18(15-19)22-26-25-21-13-6-3-7-14-27(21)22/h2,4-5,8-12,15,17H,3,6-7,13-14,16H2,1H3,(H,24,28). The van der Waals surface area contributed by atoms with Gasteiger partial charge in [0.2, 0.25) is 5.91 Å². The first kappa shape index (κ1) is 19.7. The van der Waals surface area contributed by atoms with E-state index < -0.39 is 0 Å². The van der Waals surface area contributed by atoms with Crippen LogP contribution in [0.2, 0.25) is 0 Å². The van der Waals surface area contributed by atoms with Crippen LogP contribution in [-0.2, 0) is 17.8 Å². The van der Waals surface area contributed by atoms with Crippen molar-refractivity contribution in [2.45, 2.75) is 44.0 Å². The van der Waals surface area contributed by atoms with Gasteiger partial charge in [-0.3, -0.25) is 4.79 Å². The summed E-state index contributed by atoms with van der Waals surface area (Å²) < 4.78 is 2.23. The van der Waals surface area contributed by atoms with E-state index in [1.807, 2.05) is 49.4 Å². The Morgan fingerprint density at radius 1 is 1.10 bits per heavy atom. The second-order valence-electron chi connectivity index (χ2n) is 7.50. The molecule has 1 unspecified atom stereocenters. The molecule has 0 saturated heterocycles. The molecule has 1 aliphatic rings. The molecule has 5 nitrogen and oxygen atoms in total. The van der Waals surface area contributed by atoms with E-state index in [9.17, 15) is 4.79 Å². The van der Waals surface area contributed by atoms with Crippen LogP contribution in [0.5, 0.6) is 0 Å². The molecular weight excluding hydrogens is 380 g/mol. The summed E-state index contributed by atoms with van der Waals surface area (Å²) in [6.45, 7) is 2.93. The molecule has 1 amide bonds. The van der Waals surface area contributed by atoms with Crippen molar-refractivity contribution in [1.29, 1.82) is 0 Å². The van der Waals surface area contributed by atoms with E-state index in [2.05, 4.69) is 32.2 Å². The smallest absolute Gasteiger partial charge is 0.228 e. The molecule has 0 fully saturated rings. The fourth-order valence-electron chi connectivity index (χ4n) is 3.51. The fraction of sp³-hybridized carbons (Fsp3) is 0.348. The van der Waals surface area contributed by atoms with Crippen LogP contribution in [0.1, 0.15) is 32.0 Å². The molecule has 0 aliphatic carbocycles. The van der Waals surface area contributed by atoms with E-state index in [4.69, 9.17) is 0 Å². The predicted octanol–water partition coefficient (Wildman–Crippen LogP) is 5.04. The zero-order valence-corrected chi connectivity index (χ0v) is 17.5. The number of nitrogens with zero attached hydrogens (tertiary/aromatic N) is 3. The van der Waals surface area contributed by atoms with E-state index in [1.54, 1.807) is 11.8 Å². The van der Waals surface area contributed by atoms with E-state index in [1.165, 1.54) is 17.7 Å². The van der Waals surface area contributed by atoms with E-state index in [0.717, 1.165) is 48.0 Å². The van der Waals surface area contributed by atoms with Crippen LogP contribution in [0.15, 0.2) is 59.5 Å². The lowest BCUT2D eigenvalue weighted by molar-refractivity contribution is -0.118. The number of amides is 1. The van der Waals surface area contributed by atoms with Crippen LogP contribution in [0, 0.1) is 5.92 Å². The second-order valence-corrected chi connectivity index (χ2v) is 8.59. The highest BCUT2D eigenvalue weighted by Crippen LogP contribution is 2.26. The Hall–Kier alpha value is -2.60. The van der Waals surface area contributed by atoms with Gasteiger partial charge in [-0.15, -0.1) is 22.0 Å². The topological polar surface area (TPSA) is 59.8 Å². The Balaban J connectivity index is 1.42. The Bertz CT molecular complexity index is 970. The lowest BCUT2D eigenvalue weighted by Crippen LogP contribution is -2.22. The molecule has 2 heterocycles. The molecule has 150 valence electrons. The first-order valence-corrected chi connectivity index (χ1v) is 11.2. The lowest BCUT2D eigenvalue weighted by atomic mass is 10.1. The number of aryl methyl sites for hydroxylation is 1. The minimum Gasteiger partial charge on any atom is -0.326 e. The third kappa shape index (κ3) is 4.88. The summed E-state index contributed by atoms with van der Waals surface area (Å²) in [5, 5.41) is 11.9. The minimum absolute atomic E-state index is 0.0330. The summed E-state index contributed by atoms with van der Waals surface area (Å²) >= 11 is 1.70. The van der Waals surface area contributed by atoms with Crippen molar-refractivity contribution in [2.24, 2.45) is 5.92 Å². The Morgan fingerprint density at radius 3 is 2.83 bits per heavy atom. The summed E-state index contributed by atoms with van der Waals surface area (Å²) in [5.41, 5.74) is 1.80. The molecule has 0 spiro atoms. The molecular formula is C23H26N4OS. The molecule has 1 atom stereocenters. The van der Waals surface area contributed by atoms with Crippen molar-refractivity contribution in [1.82, 2.24) is 14.8 Å². The molecule has 1 N–H and O–H groups in total. The molecule has 1 aliphatic heterocycles. The van der Waals surface area contributed by atoms with Crippen molar-refractivity contribution in [2.75, 3.05) is 11.1 Å². The average molecular weight is 407 g/mol. The van der Waals surface area contributed by atoms with E-state index in [0.29, 0.717) is 0 Å². The summed E-state index contributed by atoms with van der Waals surface area (Å²) in [4.78, 5) is 13.8. The van der Waals surface area contributed by atoms with Crippen molar-refractivity contribution < 1.29 is 4.79 Å². The SMILES string of the molecule is CC(CSc1ccccc1)C(=O)Nc1cccc(-c2nnc3n2CCCCC3)c1.